The molecule has 2 N–H and O–H groups in total. The van der Waals surface area contributed by atoms with Crippen molar-refractivity contribution in [2.75, 3.05) is 6.54 Å². The number of hydrazone groups is 1. The third-order valence-electron chi connectivity index (χ3n) is 4.46. The van der Waals surface area contributed by atoms with Crippen molar-refractivity contribution in [3.63, 3.8) is 0 Å². The first-order valence-corrected chi connectivity index (χ1v) is 8.07. The van der Waals surface area contributed by atoms with Crippen molar-refractivity contribution in [2.24, 2.45) is 22.2 Å². The van der Waals surface area contributed by atoms with Gasteiger partial charge in [0.15, 0.2) is 0 Å². The van der Waals surface area contributed by atoms with Crippen LogP contribution in [0.25, 0.3) is 0 Å². The van der Waals surface area contributed by atoms with E-state index in [1.807, 2.05) is 5.01 Å². The predicted octanol–water partition coefficient (Wildman–Crippen LogP) is 2.92. The average molecular weight is 279 g/mol. The zero-order valence-corrected chi connectivity index (χ0v) is 13.2. The Morgan fingerprint density at radius 2 is 1.80 bits per heavy atom. The largest absolute Gasteiger partial charge is 0.330 e. The Morgan fingerprint density at radius 1 is 1.20 bits per heavy atom. The Labute approximate surface area is 122 Å². The van der Waals surface area contributed by atoms with Gasteiger partial charge in [-0.1, -0.05) is 46.5 Å². The second-order valence-electron chi connectivity index (χ2n) is 7.19. The molecule has 0 saturated heterocycles. The van der Waals surface area contributed by atoms with Crippen LogP contribution < -0.4 is 5.73 Å². The van der Waals surface area contributed by atoms with Crippen LogP contribution in [0, 0.1) is 11.3 Å². The summed E-state index contributed by atoms with van der Waals surface area (Å²) in [6, 6.07) is 0.310. The molecule has 4 nitrogen and oxygen atoms in total. The highest BCUT2D eigenvalue weighted by molar-refractivity contribution is 6.10. The fourth-order valence-corrected chi connectivity index (χ4v) is 3.38. The summed E-state index contributed by atoms with van der Waals surface area (Å²) in [6.07, 6.45) is 7.94. The van der Waals surface area contributed by atoms with Crippen LogP contribution in [0.4, 0.5) is 0 Å². The summed E-state index contributed by atoms with van der Waals surface area (Å²) in [5.74, 6) is 0.0931. The molecule has 1 aliphatic carbocycles. The van der Waals surface area contributed by atoms with Gasteiger partial charge < -0.3 is 5.73 Å². The molecule has 2 rings (SSSR count). The maximum atomic E-state index is 12.7. The molecule has 0 aromatic heterocycles. The second kappa shape index (κ2) is 6.25. The highest BCUT2D eigenvalue weighted by atomic mass is 16.2. The van der Waals surface area contributed by atoms with Crippen molar-refractivity contribution in [2.45, 2.75) is 71.8 Å². The highest BCUT2D eigenvalue weighted by Crippen LogP contribution is 2.34. The summed E-state index contributed by atoms with van der Waals surface area (Å²) >= 11 is 0. The molecular weight excluding hydrogens is 250 g/mol. The van der Waals surface area contributed by atoms with E-state index in [4.69, 9.17) is 10.8 Å². The lowest BCUT2D eigenvalue weighted by Crippen LogP contribution is -2.37. The molecule has 114 valence electrons. The van der Waals surface area contributed by atoms with Gasteiger partial charge >= 0.3 is 0 Å². The van der Waals surface area contributed by atoms with Gasteiger partial charge in [-0.2, -0.15) is 5.10 Å². The van der Waals surface area contributed by atoms with E-state index >= 15 is 0 Å². The molecule has 1 unspecified atom stereocenters. The molecule has 1 atom stereocenters. The first-order chi connectivity index (χ1) is 9.45. The highest BCUT2D eigenvalue weighted by Gasteiger charge is 2.42. The van der Waals surface area contributed by atoms with Crippen LogP contribution in [-0.2, 0) is 4.79 Å². The van der Waals surface area contributed by atoms with Crippen molar-refractivity contribution >= 4 is 11.6 Å². The fraction of sp³-hybridized carbons (Fsp3) is 0.875. The van der Waals surface area contributed by atoms with Crippen molar-refractivity contribution in [3.05, 3.63) is 0 Å². The van der Waals surface area contributed by atoms with Gasteiger partial charge in [0.05, 0.1) is 17.7 Å². The molecule has 0 radical (unpaired) electrons. The van der Waals surface area contributed by atoms with Gasteiger partial charge in [-0.15, -0.1) is 0 Å². The lowest BCUT2D eigenvalue weighted by Gasteiger charge is -2.24. The molecule has 4 heteroatoms. The van der Waals surface area contributed by atoms with E-state index in [2.05, 4.69) is 20.8 Å². The Bertz CT molecular complexity index is 376. The lowest BCUT2D eigenvalue weighted by molar-refractivity contribution is -0.134. The maximum absolute atomic E-state index is 12.7. The number of nitrogens with two attached hydrogens (primary N) is 1. The molecule has 20 heavy (non-hydrogen) atoms. The van der Waals surface area contributed by atoms with Crippen LogP contribution in [0.2, 0.25) is 0 Å². The standard InChI is InChI=1S/C16H29N3O/c1-16(2,3)14-13(10-11-17)15(20)19(18-14)12-8-6-4-5-7-9-12/h12-13H,4-11,17H2,1-3H3. The summed E-state index contributed by atoms with van der Waals surface area (Å²) in [5, 5.41) is 6.56. The minimum atomic E-state index is -0.0942. The van der Waals surface area contributed by atoms with Crippen LogP contribution >= 0.6 is 0 Å². The summed E-state index contributed by atoms with van der Waals surface area (Å²) < 4.78 is 0. The smallest absolute Gasteiger partial charge is 0.251 e. The molecule has 0 bridgehead atoms. The molecule has 1 saturated carbocycles. The number of nitrogens with zero attached hydrogens (tertiary/aromatic N) is 2. The number of hydrogen-bond donors (Lipinski definition) is 1. The molecule has 0 spiro atoms. The Morgan fingerprint density at radius 3 is 2.30 bits per heavy atom. The van der Waals surface area contributed by atoms with Crippen molar-refractivity contribution in [1.29, 1.82) is 0 Å². The van der Waals surface area contributed by atoms with Crippen LogP contribution in [0.5, 0.6) is 0 Å². The predicted molar refractivity (Wildman–Crippen MR) is 82.4 cm³/mol. The number of hydrogen-bond acceptors (Lipinski definition) is 3. The van der Waals surface area contributed by atoms with Crippen molar-refractivity contribution in [3.8, 4) is 0 Å². The van der Waals surface area contributed by atoms with Gasteiger partial charge in [-0.3, -0.25) is 4.79 Å². The lowest BCUT2D eigenvalue weighted by atomic mass is 9.81. The van der Waals surface area contributed by atoms with Gasteiger partial charge in [0.25, 0.3) is 5.91 Å². The topological polar surface area (TPSA) is 58.7 Å². The molecule has 1 heterocycles. The van der Waals surface area contributed by atoms with Crippen LogP contribution in [0.15, 0.2) is 5.10 Å². The van der Waals surface area contributed by atoms with Gasteiger partial charge in [0.1, 0.15) is 0 Å². The zero-order valence-electron chi connectivity index (χ0n) is 13.2. The second-order valence-corrected chi connectivity index (χ2v) is 7.19. The Balaban J connectivity index is 2.21. The normalized spacial score (nSPS) is 25.8. The van der Waals surface area contributed by atoms with E-state index in [1.54, 1.807) is 0 Å². The van der Waals surface area contributed by atoms with E-state index < -0.39 is 0 Å². The van der Waals surface area contributed by atoms with E-state index in [0.29, 0.717) is 12.6 Å². The van der Waals surface area contributed by atoms with Gasteiger partial charge in [0.2, 0.25) is 0 Å². The summed E-state index contributed by atoms with van der Waals surface area (Å²) in [4.78, 5) is 12.7. The fourth-order valence-electron chi connectivity index (χ4n) is 3.38. The Hall–Kier alpha value is -0.900. The summed E-state index contributed by atoms with van der Waals surface area (Å²) in [6.45, 7) is 6.96. The summed E-state index contributed by atoms with van der Waals surface area (Å²) in [7, 11) is 0. The van der Waals surface area contributed by atoms with Crippen LogP contribution in [0.1, 0.15) is 65.7 Å². The minimum Gasteiger partial charge on any atom is -0.330 e. The molecule has 0 aromatic carbocycles. The Kier molecular flexibility index (Phi) is 4.84. The van der Waals surface area contributed by atoms with Crippen molar-refractivity contribution < 1.29 is 4.79 Å². The molecule has 1 fully saturated rings. The third-order valence-corrected chi connectivity index (χ3v) is 4.46. The van der Waals surface area contributed by atoms with E-state index in [0.717, 1.165) is 25.0 Å². The van der Waals surface area contributed by atoms with Gasteiger partial charge in [-0.05, 0) is 25.8 Å². The van der Waals surface area contributed by atoms with Gasteiger partial charge in [0, 0.05) is 5.41 Å². The number of carbonyl (C=O) groups excluding carboxylic acids is 1. The number of rotatable bonds is 3. The van der Waals surface area contributed by atoms with E-state index in [1.165, 1.54) is 25.7 Å². The first-order valence-electron chi connectivity index (χ1n) is 8.07. The summed E-state index contributed by atoms with van der Waals surface area (Å²) in [5.41, 5.74) is 6.66. The van der Waals surface area contributed by atoms with Crippen LogP contribution in [-0.4, -0.2) is 29.2 Å². The van der Waals surface area contributed by atoms with E-state index in [9.17, 15) is 4.79 Å². The first kappa shape index (κ1) is 15.5. The molecular formula is C16H29N3O. The molecule has 1 amide bonds. The monoisotopic (exact) mass is 279 g/mol. The van der Waals surface area contributed by atoms with Crippen LogP contribution in [0.3, 0.4) is 0 Å². The minimum absolute atomic E-state index is 0.0605. The van der Waals surface area contributed by atoms with E-state index in [-0.39, 0.29) is 17.2 Å². The molecule has 0 aromatic rings. The molecule has 2 aliphatic rings. The maximum Gasteiger partial charge on any atom is 0.251 e. The van der Waals surface area contributed by atoms with Gasteiger partial charge in [-0.25, -0.2) is 5.01 Å². The average Bonchev–Trinajstić information content (AvgIpc) is 2.57. The SMILES string of the molecule is CC(C)(C)C1=NN(C2CCCCCC2)C(=O)C1CCN. The third kappa shape index (κ3) is 3.22. The zero-order chi connectivity index (χ0) is 14.8. The number of carbonyl (C=O) groups is 1. The quantitative estimate of drug-likeness (QED) is 0.807. The van der Waals surface area contributed by atoms with Crippen molar-refractivity contribution in [1.82, 2.24) is 5.01 Å². The molecule has 1 aliphatic heterocycles. The number of amides is 1.